The van der Waals surface area contributed by atoms with Gasteiger partial charge in [0, 0.05) is 8.95 Å². The highest BCUT2D eigenvalue weighted by molar-refractivity contribution is 9.10. The van der Waals surface area contributed by atoms with Crippen LogP contribution in [0.15, 0.2) is 45.3 Å². The first-order valence-electron chi connectivity index (χ1n) is 11.4. The summed E-state index contributed by atoms with van der Waals surface area (Å²) < 4.78 is 16.5. The molecule has 3 rings (SSSR count). The maximum absolute atomic E-state index is 7.19. The minimum absolute atomic E-state index is 0.109. The molecule has 0 spiro atoms. The van der Waals surface area contributed by atoms with Crippen molar-refractivity contribution in [1.82, 2.24) is 0 Å². The summed E-state index contributed by atoms with van der Waals surface area (Å²) in [5, 5.41) is 0.219. The van der Waals surface area contributed by atoms with Crippen LogP contribution in [0, 0.1) is 0 Å². The van der Waals surface area contributed by atoms with Gasteiger partial charge in [-0.25, -0.2) is 0 Å². The molecule has 1 aliphatic rings. The first-order chi connectivity index (χ1) is 14.4. The van der Waals surface area contributed by atoms with E-state index in [0.29, 0.717) is 0 Å². The third-order valence-electron chi connectivity index (χ3n) is 7.66. The van der Waals surface area contributed by atoms with Crippen LogP contribution in [-0.4, -0.2) is 16.6 Å². The maximum Gasteiger partial charge on any atom is 0.193 e. The SMILES string of the molecule is CC(C)(C)[Si](C)(C)OC1c2cc(Br)ccc2-c2ccc(Br)cc2C1O[Si](C)(C)C(C)(C)C. The van der Waals surface area contributed by atoms with Crippen molar-refractivity contribution in [2.45, 2.75) is 90.0 Å². The molecule has 0 N–H and O–H groups in total. The monoisotopic (exact) mass is 596 g/mol. The third kappa shape index (κ3) is 5.06. The van der Waals surface area contributed by atoms with E-state index in [2.05, 4.69) is 136 Å². The highest BCUT2D eigenvalue weighted by atomic mass is 79.9. The van der Waals surface area contributed by atoms with Crippen LogP contribution in [0.5, 0.6) is 0 Å². The lowest BCUT2D eigenvalue weighted by Gasteiger charge is -2.47. The van der Waals surface area contributed by atoms with Crippen LogP contribution in [0.1, 0.15) is 64.9 Å². The van der Waals surface area contributed by atoms with Crippen LogP contribution < -0.4 is 0 Å². The molecule has 0 aromatic heterocycles. The van der Waals surface area contributed by atoms with E-state index >= 15 is 0 Å². The van der Waals surface area contributed by atoms with Crippen LogP contribution in [-0.2, 0) is 8.85 Å². The maximum atomic E-state index is 7.19. The van der Waals surface area contributed by atoms with Crippen LogP contribution in [0.2, 0.25) is 36.3 Å². The number of hydrogen-bond donors (Lipinski definition) is 0. The Labute approximate surface area is 214 Å². The van der Waals surface area contributed by atoms with Crippen molar-refractivity contribution in [2.24, 2.45) is 0 Å². The van der Waals surface area contributed by atoms with E-state index in [1.165, 1.54) is 22.3 Å². The van der Waals surface area contributed by atoms with Crippen molar-refractivity contribution in [3.8, 4) is 11.1 Å². The molecule has 0 radical (unpaired) electrons. The van der Waals surface area contributed by atoms with E-state index in [9.17, 15) is 0 Å². The molecule has 0 amide bonds. The predicted octanol–water partition coefficient (Wildman–Crippen LogP) is 10.0. The summed E-state index contributed by atoms with van der Waals surface area (Å²) in [6.07, 6.45) is -0.279. The van der Waals surface area contributed by atoms with E-state index in [-0.39, 0.29) is 22.3 Å². The van der Waals surface area contributed by atoms with Gasteiger partial charge in [-0.05, 0) is 82.8 Å². The van der Waals surface area contributed by atoms with Gasteiger partial charge in [-0.2, -0.15) is 0 Å². The standard InChI is InChI=1S/C26H38Br2O2Si2/c1-25(2,3)31(7,8)29-23-21-15-17(27)11-13-19(21)20-14-12-18(28)16-22(20)24(23)30-32(9,10)26(4,5)6/h11-16,23-24H,1-10H3. The molecule has 0 aliphatic heterocycles. The fraction of sp³-hybridized carbons (Fsp3) is 0.538. The Balaban J connectivity index is 2.25. The number of fused-ring (bicyclic) bond motifs is 3. The molecule has 0 heterocycles. The smallest absolute Gasteiger partial charge is 0.193 e. The Morgan fingerprint density at radius 2 is 0.938 bits per heavy atom. The third-order valence-corrected chi connectivity index (χ3v) is 17.6. The van der Waals surface area contributed by atoms with E-state index in [0.717, 1.165) is 8.95 Å². The van der Waals surface area contributed by atoms with Gasteiger partial charge in [-0.1, -0.05) is 85.5 Å². The van der Waals surface area contributed by atoms with Crippen LogP contribution in [0.25, 0.3) is 11.1 Å². The average molecular weight is 599 g/mol. The van der Waals surface area contributed by atoms with Gasteiger partial charge >= 0.3 is 0 Å². The molecule has 0 fully saturated rings. The molecule has 2 aromatic carbocycles. The molecule has 0 saturated heterocycles. The lowest BCUT2D eigenvalue weighted by molar-refractivity contribution is 0.0318. The number of rotatable bonds is 4. The molecule has 2 aromatic rings. The lowest BCUT2D eigenvalue weighted by atomic mass is 9.82. The zero-order valence-corrected chi connectivity index (χ0v) is 26.4. The Morgan fingerprint density at radius 3 is 1.22 bits per heavy atom. The van der Waals surface area contributed by atoms with Crippen LogP contribution >= 0.6 is 31.9 Å². The Kier molecular flexibility index (Phi) is 7.21. The largest absolute Gasteiger partial charge is 0.407 e. The minimum atomic E-state index is -2.07. The van der Waals surface area contributed by atoms with Crippen molar-refractivity contribution in [3.63, 3.8) is 0 Å². The summed E-state index contributed by atoms with van der Waals surface area (Å²) in [7, 11) is -4.14. The fourth-order valence-corrected chi connectivity index (χ4v) is 6.83. The van der Waals surface area contributed by atoms with Gasteiger partial charge in [0.15, 0.2) is 16.6 Å². The van der Waals surface area contributed by atoms with Gasteiger partial charge in [0.1, 0.15) is 12.2 Å². The van der Waals surface area contributed by atoms with Crippen molar-refractivity contribution >= 4 is 48.5 Å². The normalized spacial score (nSPS) is 19.5. The lowest BCUT2D eigenvalue weighted by Crippen LogP contribution is -2.47. The summed E-state index contributed by atoms with van der Waals surface area (Å²) in [5.74, 6) is 0. The van der Waals surface area contributed by atoms with Crippen molar-refractivity contribution < 1.29 is 8.85 Å². The summed E-state index contributed by atoms with van der Waals surface area (Å²) in [5.41, 5.74) is 4.94. The molecule has 2 nitrogen and oxygen atoms in total. The Bertz CT molecular complexity index is 922. The van der Waals surface area contributed by atoms with Gasteiger partial charge < -0.3 is 8.85 Å². The minimum Gasteiger partial charge on any atom is -0.407 e. The molecule has 0 saturated carbocycles. The second kappa shape index (κ2) is 8.76. The Hall–Kier alpha value is -0.246. The van der Waals surface area contributed by atoms with Gasteiger partial charge in [0.2, 0.25) is 0 Å². The summed E-state index contributed by atoms with van der Waals surface area (Å²) in [6, 6.07) is 13.2. The van der Waals surface area contributed by atoms with E-state index in [1.807, 2.05) is 0 Å². The Morgan fingerprint density at radius 1 is 0.625 bits per heavy atom. The van der Waals surface area contributed by atoms with Gasteiger partial charge in [0.25, 0.3) is 0 Å². The van der Waals surface area contributed by atoms with Gasteiger partial charge in [-0.3, -0.25) is 0 Å². The second-order valence-electron chi connectivity index (χ2n) is 12.1. The topological polar surface area (TPSA) is 18.5 Å². The first-order valence-corrected chi connectivity index (χ1v) is 18.8. The van der Waals surface area contributed by atoms with Crippen molar-refractivity contribution in [2.75, 3.05) is 0 Å². The summed E-state index contributed by atoms with van der Waals surface area (Å²) in [4.78, 5) is 0. The van der Waals surface area contributed by atoms with Gasteiger partial charge in [0.05, 0.1) is 0 Å². The second-order valence-corrected chi connectivity index (χ2v) is 23.4. The molecular formula is C26H38Br2O2Si2. The molecular weight excluding hydrogens is 560 g/mol. The van der Waals surface area contributed by atoms with Crippen molar-refractivity contribution in [1.29, 1.82) is 0 Å². The van der Waals surface area contributed by atoms with E-state index in [4.69, 9.17) is 8.85 Å². The molecule has 2 atom stereocenters. The highest BCUT2D eigenvalue weighted by Crippen LogP contribution is 2.54. The first kappa shape index (κ1) is 26.4. The number of halogens is 2. The predicted molar refractivity (Wildman–Crippen MR) is 149 cm³/mol. The molecule has 6 heteroatoms. The molecule has 2 unspecified atom stereocenters. The van der Waals surface area contributed by atoms with E-state index < -0.39 is 16.6 Å². The zero-order chi connectivity index (χ0) is 24.3. The summed E-state index contributed by atoms with van der Waals surface area (Å²) in [6.45, 7) is 23.2. The van der Waals surface area contributed by atoms with E-state index in [1.54, 1.807) is 0 Å². The van der Waals surface area contributed by atoms with Crippen molar-refractivity contribution in [3.05, 3.63) is 56.5 Å². The molecule has 176 valence electrons. The van der Waals surface area contributed by atoms with Crippen LogP contribution in [0.4, 0.5) is 0 Å². The molecule has 0 bridgehead atoms. The quantitative estimate of drug-likeness (QED) is 0.326. The highest BCUT2D eigenvalue weighted by Gasteiger charge is 2.48. The zero-order valence-electron chi connectivity index (χ0n) is 21.2. The van der Waals surface area contributed by atoms with Gasteiger partial charge in [-0.15, -0.1) is 0 Å². The average Bonchev–Trinajstić information content (AvgIpc) is 2.62. The van der Waals surface area contributed by atoms with Crippen LogP contribution in [0.3, 0.4) is 0 Å². The fourth-order valence-electron chi connectivity index (χ4n) is 3.59. The summed E-state index contributed by atoms with van der Waals surface area (Å²) >= 11 is 7.44. The number of hydrogen-bond acceptors (Lipinski definition) is 2. The molecule has 32 heavy (non-hydrogen) atoms. The number of benzene rings is 2. The molecule has 1 aliphatic carbocycles.